The van der Waals surface area contributed by atoms with Crippen molar-refractivity contribution in [3.8, 4) is 0 Å². The Labute approximate surface area is 178 Å². The van der Waals surface area contributed by atoms with Gasteiger partial charge in [0.25, 0.3) is 0 Å². The van der Waals surface area contributed by atoms with Crippen LogP contribution in [0.3, 0.4) is 0 Å². The Kier molecular flexibility index (Phi) is 4.63. The molecule has 0 aromatic heterocycles. The molecule has 150 valence electrons. The summed E-state index contributed by atoms with van der Waals surface area (Å²) >= 11 is 2.45. The van der Waals surface area contributed by atoms with E-state index in [2.05, 4.69) is 42.5 Å². The number of fused-ring (bicyclic) bond motifs is 6. The molecule has 6 atom stereocenters. The molecule has 5 aliphatic carbocycles. The van der Waals surface area contributed by atoms with Gasteiger partial charge in [-0.25, -0.2) is 0 Å². The van der Waals surface area contributed by atoms with Crippen LogP contribution in [-0.4, -0.2) is 22.4 Å². The van der Waals surface area contributed by atoms with E-state index < -0.39 is 0 Å². The largest absolute Gasteiger partial charge is 0.374 e. The number of allylic oxidation sites excluding steroid dienone is 1. The molecule has 5 unspecified atom stereocenters. The zero-order valence-corrected chi connectivity index (χ0v) is 19.2. The topological polar surface area (TPSA) is 26.3 Å². The van der Waals surface area contributed by atoms with Gasteiger partial charge in [0.2, 0.25) is 0 Å². The maximum atomic E-state index is 12.2. The number of rotatable bonds is 4. The summed E-state index contributed by atoms with van der Waals surface area (Å²) in [6, 6.07) is 0. The third kappa shape index (κ3) is 2.62. The third-order valence-corrected chi connectivity index (χ3v) is 10.3. The molecule has 0 aliphatic heterocycles. The maximum absolute atomic E-state index is 12.2. The van der Waals surface area contributed by atoms with Gasteiger partial charge in [0, 0.05) is 16.3 Å². The number of halogens is 1. The summed E-state index contributed by atoms with van der Waals surface area (Å²) < 4.78 is 7.70. The fourth-order valence-corrected chi connectivity index (χ4v) is 8.67. The summed E-state index contributed by atoms with van der Waals surface area (Å²) in [5, 5.41) is 0. The standard InChI is InChI=1S/C24H35IO2/c1-3-24-9-6-17-18-5-4-16(26)14-21(18)23(10-11-23)15-19(17)20(24)7-8-22(24,2)27-13-12-25/h14,17-20H,3-13,15H2,1-2H3/t17?,18?,19?,20?,22-,24?/m0/s1. The highest BCUT2D eigenvalue weighted by molar-refractivity contribution is 14.1. The van der Waals surface area contributed by atoms with Crippen LogP contribution in [0.15, 0.2) is 11.6 Å². The van der Waals surface area contributed by atoms with Gasteiger partial charge in [0.1, 0.15) is 0 Å². The Bertz CT molecular complexity index is 665. The third-order valence-electron chi connectivity index (χ3n) is 9.84. The molecule has 27 heavy (non-hydrogen) atoms. The normalized spacial score (nSPS) is 47.2. The summed E-state index contributed by atoms with van der Waals surface area (Å²) in [4.78, 5) is 12.2. The van der Waals surface area contributed by atoms with Gasteiger partial charge in [0.15, 0.2) is 5.78 Å². The van der Waals surface area contributed by atoms with E-state index >= 15 is 0 Å². The summed E-state index contributed by atoms with van der Waals surface area (Å²) in [6.45, 7) is 5.79. The zero-order chi connectivity index (χ0) is 18.9. The molecule has 5 rings (SSSR count). The summed E-state index contributed by atoms with van der Waals surface area (Å²) in [6.07, 6.45) is 14.7. The minimum Gasteiger partial charge on any atom is -0.374 e. The molecule has 4 saturated carbocycles. The van der Waals surface area contributed by atoms with Crippen LogP contribution in [0.4, 0.5) is 0 Å². The molecule has 3 heteroatoms. The van der Waals surface area contributed by atoms with Gasteiger partial charge in [-0.3, -0.25) is 4.79 Å². The fourth-order valence-electron chi connectivity index (χ4n) is 8.45. The van der Waals surface area contributed by atoms with Gasteiger partial charge in [-0.1, -0.05) is 35.1 Å². The van der Waals surface area contributed by atoms with Crippen LogP contribution >= 0.6 is 22.6 Å². The molecule has 0 aromatic carbocycles. The molecule has 0 amide bonds. The van der Waals surface area contributed by atoms with Crippen molar-refractivity contribution in [1.82, 2.24) is 0 Å². The van der Waals surface area contributed by atoms with Crippen LogP contribution in [0.5, 0.6) is 0 Å². The van der Waals surface area contributed by atoms with Gasteiger partial charge in [-0.05, 0) is 99.9 Å². The van der Waals surface area contributed by atoms with Crippen molar-refractivity contribution in [1.29, 1.82) is 0 Å². The first kappa shape index (κ1) is 19.1. The summed E-state index contributed by atoms with van der Waals surface area (Å²) in [7, 11) is 0. The van der Waals surface area contributed by atoms with E-state index in [4.69, 9.17) is 4.74 Å². The van der Waals surface area contributed by atoms with E-state index in [0.717, 1.165) is 47.5 Å². The molecule has 0 saturated heterocycles. The molecular formula is C24H35IO2. The van der Waals surface area contributed by atoms with Gasteiger partial charge >= 0.3 is 0 Å². The Morgan fingerprint density at radius 1 is 1.15 bits per heavy atom. The molecular weight excluding hydrogens is 447 g/mol. The highest BCUT2D eigenvalue weighted by atomic mass is 127. The number of ether oxygens (including phenoxy) is 1. The maximum Gasteiger partial charge on any atom is 0.155 e. The van der Waals surface area contributed by atoms with Crippen LogP contribution < -0.4 is 0 Å². The average Bonchev–Trinajstić information content (AvgIpc) is 3.38. The molecule has 4 fully saturated rings. The van der Waals surface area contributed by atoms with Crippen molar-refractivity contribution in [2.24, 2.45) is 34.5 Å². The SMILES string of the molecule is CCC12CCC3C4CCC(=O)C=C4C4(CC4)CC3C1CC[C@]2(C)OCCI. The van der Waals surface area contributed by atoms with E-state index in [1.165, 1.54) is 51.4 Å². The molecule has 0 heterocycles. The average molecular weight is 482 g/mol. The Morgan fingerprint density at radius 2 is 1.96 bits per heavy atom. The van der Waals surface area contributed by atoms with Crippen LogP contribution in [0.25, 0.3) is 0 Å². The lowest BCUT2D eigenvalue weighted by atomic mass is 9.47. The Balaban J connectivity index is 1.49. The molecule has 0 bridgehead atoms. The molecule has 0 aromatic rings. The van der Waals surface area contributed by atoms with E-state index in [1.807, 2.05) is 0 Å². The van der Waals surface area contributed by atoms with Crippen molar-refractivity contribution in [3.05, 3.63) is 11.6 Å². The zero-order valence-electron chi connectivity index (χ0n) is 17.1. The summed E-state index contributed by atoms with van der Waals surface area (Å²) in [5.41, 5.74) is 2.51. The monoisotopic (exact) mass is 482 g/mol. The van der Waals surface area contributed by atoms with Gasteiger partial charge in [0.05, 0.1) is 12.2 Å². The van der Waals surface area contributed by atoms with Crippen LogP contribution in [0.2, 0.25) is 0 Å². The Hall–Kier alpha value is 0.1000. The van der Waals surface area contributed by atoms with Gasteiger partial charge < -0.3 is 4.74 Å². The fraction of sp³-hybridized carbons (Fsp3) is 0.875. The van der Waals surface area contributed by atoms with E-state index in [-0.39, 0.29) is 5.60 Å². The number of alkyl halides is 1. The van der Waals surface area contributed by atoms with E-state index in [1.54, 1.807) is 5.57 Å². The van der Waals surface area contributed by atoms with Gasteiger partial charge in [-0.15, -0.1) is 0 Å². The van der Waals surface area contributed by atoms with Crippen LogP contribution in [0.1, 0.15) is 78.1 Å². The minimum absolute atomic E-state index is 0.0813. The van der Waals surface area contributed by atoms with Crippen molar-refractivity contribution in [2.75, 3.05) is 11.0 Å². The number of ketones is 1. The number of hydrogen-bond acceptors (Lipinski definition) is 2. The van der Waals surface area contributed by atoms with Gasteiger partial charge in [-0.2, -0.15) is 0 Å². The van der Waals surface area contributed by atoms with E-state index in [9.17, 15) is 4.79 Å². The minimum atomic E-state index is 0.0813. The Morgan fingerprint density at radius 3 is 2.67 bits per heavy atom. The van der Waals surface area contributed by atoms with E-state index in [0.29, 0.717) is 16.6 Å². The lowest BCUT2D eigenvalue weighted by Gasteiger charge is -2.58. The van der Waals surface area contributed by atoms with Crippen molar-refractivity contribution >= 4 is 28.4 Å². The predicted molar refractivity (Wildman–Crippen MR) is 117 cm³/mol. The second kappa shape index (κ2) is 6.55. The van der Waals surface area contributed by atoms with Crippen molar-refractivity contribution in [2.45, 2.75) is 83.7 Å². The van der Waals surface area contributed by atoms with Crippen molar-refractivity contribution < 1.29 is 9.53 Å². The molecule has 5 aliphatic rings. The lowest BCUT2D eigenvalue weighted by molar-refractivity contribution is -0.153. The molecule has 2 nitrogen and oxygen atoms in total. The highest BCUT2D eigenvalue weighted by Crippen LogP contribution is 2.73. The number of hydrogen-bond donors (Lipinski definition) is 0. The number of carbonyl (C=O) groups excluding carboxylic acids is 1. The first-order valence-electron chi connectivity index (χ1n) is 11.4. The molecule has 0 N–H and O–H groups in total. The van der Waals surface area contributed by atoms with Crippen LogP contribution in [0, 0.1) is 34.5 Å². The quantitative estimate of drug-likeness (QED) is 0.357. The lowest BCUT2D eigenvalue weighted by Crippen LogP contribution is -2.55. The van der Waals surface area contributed by atoms with Crippen molar-refractivity contribution in [3.63, 3.8) is 0 Å². The first-order valence-corrected chi connectivity index (χ1v) is 13.0. The molecule has 0 radical (unpaired) electrons. The first-order chi connectivity index (χ1) is 13.0. The summed E-state index contributed by atoms with van der Waals surface area (Å²) in [5.74, 6) is 3.69. The second-order valence-corrected chi connectivity index (χ2v) is 11.6. The smallest absolute Gasteiger partial charge is 0.155 e. The molecule has 1 spiro atoms. The number of carbonyl (C=O) groups is 1. The second-order valence-electron chi connectivity index (χ2n) is 10.5. The predicted octanol–water partition coefficient (Wildman–Crippen LogP) is 6.12. The van der Waals surface area contributed by atoms with Crippen LogP contribution in [-0.2, 0) is 9.53 Å². The highest BCUT2D eigenvalue weighted by Gasteiger charge is 2.66.